The summed E-state index contributed by atoms with van der Waals surface area (Å²) in [6.07, 6.45) is 3.65. The first kappa shape index (κ1) is 45.3. The van der Waals surface area contributed by atoms with Crippen LogP contribution in [0.3, 0.4) is 0 Å². The maximum absolute atomic E-state index is 13.3. The first-order valence-electron chi connectivity index (χ1n) is 19.9. The second-order valence-corrected chi connectivity index (χ2v) is 17.6. The maximum atomic E-state index is 13.3. The van der Waals surface area contributed by atoms with Crippen molar-refractivity contribution in [1.82, 2.24) is 9.97 Å². The van der Waals surface area contributed by atoms with Crippen molar-refractivity contribution in [2.75, 3.05) is 42.2 Å². The lowest BCUT2D eigenvalue weighted by molar-refractivity contribution is 0.145. The summed E-state index contributed by atoms with van der Waals surface area (Å²) >= 11 is 6.17. The normalized spacial score (nSPS) is 14.7. The third kappa shape index (κ3) is 12.9. The third-order valence-electron chi connectivity index (χ3n) is 10.5. The summed E-state index contributed by atoms with van der Waals surface area (Å²) in [7, 11) is -4.72. The fraction of sp³-hybridized carbons (Fsp3) is 0.261. The molecule has 4 N–H and O–H groups in total. The Bertz CT molecular complexity index is 2400. The first-order valence-corrected chi connectivity index (χ1v) is 22.2. The van der Waals surface area contributed by atoms with E-state index in [1.54, 1.807) is 42.5 Å². The number of piperidine rings is 2. The molecule has 2 saturated heterocycles. The maximum Gasteiger partial charge on any atom is 0.488 e. The minimum Gasteiger partial charge on any atom is -0.423 e. The Labute approximate surface area is 360 Å². The number of halogens is 3. The molecule has 4 heterocycles. The number of rotatable bonds is 7. The fourth-order valence-corrected chi connectivity index (χ4v) is 7.72. The minimum absolute atomic E-state index is 0.224. The van der Waals surface area contributed by atoms with Crippen molar-refractivity contribution in [2.45, 2.75) is 49.7 Å². The van der Waals surface area contributed by atoms with Crippen molar-refractivity contribution in [1.29, 1.82) is 0 Å². The molecule has 0 atom stereocenters. The molecule has 0 unspecified atom stereocenters. The first-order chi connectivity index (χ1) is 29.1. The van der Waals surface area contributed by atoms with E-state index >= 15 is 0 Å². The number of sulfone groups is 1. The standard InChI is InChI=1S/C23H23FN2O.C17H19ClN2O3S.C6H6BFO2/c1-16-2-4-17(5-3-16)19-14-22(18-6-8-20(24)9-7-18)25-23(15-19)26-12-10-21(27)11-13-26;1-24(22,23)15-4-2-12(3-5-15)13-10-16(18)19-17(11-13)20-8-6-14(21)7-9-20;8-6-3-1-5(2-4-6)7(9)10/h2-9,14-15,21,27H,10-13H2,1H3;2-5,10-11,14,21H,6-9H2,1H3;1-4,9-10H. The number of anilines is 2. The molecule has 0 bridgehead atoms. The number of benzene rings is 4. The topological polar surface area (TPSA) is 147 Å². The highest BCUT2D eigenvalue weighted by atomic mass is 35.5. The molecule has 2 aromatic heterocycles. The van der Waals surface area contributed by atoms with Crippen LogP contribution in [0, 0.1) is 18.6 Å². The van der Waals surface area contributed by atoms with Gasteiger partial charge in [0.25, 0.3) is 0 Å². The summed E-state index contributed by atoms with van der Waals surface area (Å²) in [5.41, 5.74) is 7.22. The predicted octanol–water partition coefficient (Wildman–Crippen LogP) is 7.10. The number of nitrogens with zero attached hydrogens (tertiary/aromatic N) is 4. The molecule has 2 fully saturated rings. The number of hydrogen-bond donors (Lipinski definition) is 4. The van der Waals surface area contributed by atoms with Crippen LogP contribution >= 0.6 is 11.6 Å². The quantitative estimate of drug-likeness (QED) is 0.0969. The zero-order valence-corrected chi connectivity index (χ0v) is 35.4. The van der Waals surface area contributed by atoms with E-state index in [0.29, 0.717) is 23.5 Å². The lowest BCUT2D eigenvalue weighted by Crippen LogP contribution is -2.36. The lowest BCUT2D eigenvalue weighted by Gasteiger charge is -2.31. The number of hydrogen-bond acceptors (Lipinski definition) is 10. The predicted molar refractivity (Wildman–Crippen MR) is 239 cm³/mol. The van der Waals surface area contributed by atoms with E-state index in [9.17, 15) is 27.4 Å². The Morgan fingerprint density at radius 3 is 1.51 bits per heavy atom. The molecule has 8 rings (SSSR count). The molecule has 0 radical (unpaired) electrons. The molecule has 61 heavy (non-hydrogen) atoms. The van der Waals surface area contributed by atoms with Gasteiger partial charge in [0.05, 0.1) is 22.8 Å². The Hall–Kier alpha value is -5.22. The summed E-state index contributed by atoms with van der Waals surface area (Å²) in [5, 5.41) is 36.9. The van der Waals surface area contributed by atoms with Gasteiger partial charge in [0, 0.05) is 38.0 Å². The van der Waals surface area contributed by atoms with Crippen molar-refractivity contribution < 1.29 is 37.5 Å². The van der Waals surface area contributed by atoms with Crippen LogP contribution in [-0.4, -0.2) is 90.4 Å². The zero-order valence-electron chi connectivity index (χ0n) is 33.9. The van der Waals surface area contributed by atoms with E-state index in [2.05, 4.69) is 58.1 Å². The smallest absolute Gasteiger partial charge is 0.423 e. The van der Waals surface area contributed by atoms with Crippen LogP contribution in [0.25, 0.3) is 33.5 Å². The molecule has 318 valence electrons. The van der Waals surface area contributed by atoms with Crippen LogP contribution < -0.4 is 15.3 Å². The van der Waals surface area contributed by atoms with Crippen molar-refractivity contribution >= 4 is 45.7 Å². The summed E-state index contributed by atoms with van der Waals surface area (Å²) < 4.78 is 48.7. The average molecular weight is 869 g/mol. The van der Waals surface area contributed by atoms with Gasteiger partial charge in [-0.25, -0.2) is 27.2 Å². The number of aryl methyl sites for hydroxylation is 1. The molecule has 10 nitrogen and oxygen atoms in total. The molecule has 2 aliphatic rings. The van der Waals surface area contributed by atoms with Gasteiger partial charge in [-0.3, -0.25) is 0 Å². The number of aromatic nitrogens is 2. The van der Waals surface area contributed by atoms with E-state index in [1.165, 1.54) is 48.2 Å². The van der Waals surface area contributed by atoms with Crippen LogP contribution in [0.2, 0.25) is 5.15 Å². The Balaban J connectivity index is 0.000000168. The number of pyridine rings is 2. The highest BCUT2D eigenvalue weighted by Gasteiger charge is 2.21. The van der Waals surface area contributed by atoms with Gasteiger partial charge < -0.3 is 30.1 Å². The fourth-order valence-electron chi connectivity index (χ4n) is 6.89. The van der Waals surface area contributed by atoms with Gasteiger partial charge in [-0.05, 0) is 133 Å². The van der Waals surface area contributed by atoms with E-state index in [1.807, 2.05) is 6.07 Å². The molecular formula is C46H48BClF2N4O6S. The average Bonchev–Trinajstić information content (AvgIpc) is 3.25. The molecule has 4 aromatic carbocycles. The van der Waals surface area contributed by atoms with Crippen LogP contribution in [0.4, 0.5) is 20.4 Å². The van der Waals surface area contributed by atoms with Crippen LogP contribution in [0.5, 0.6) is 0 Å². The summed E-state index contributed by atoms with van der Waals surface area (Å²) in [4.78, 5) is 13.8. The van der Waals surface area contributed by atoms with E-state index in [4.69, 9.17) is 26.6 Å². The van der Waals surface area contributed by atoms with Crippen LogP contribution in [0.15, 0.2) is 126 Å². The number of aliphatic hydroxyl groups excluding tert-OH is 2. The highest BCUT2D eigenvalue weighted by Crippen LogP contribution is 2.32. The van der Waals surface area contributed by atoms with Crippen LogP contribution in [0.1, 0.15) is 31.2 Å². The molecule has 2 aliphatic heterocycles. The van der Waals surface area contributed by atoms with Gasteiger partial charge in [0.2, 0.25) is 0 Å². The summed E-state index contributed by atoms with van der Waals surface area (Å²) in [6.45, 7) is 5.12. The zero-order chi connectivity index (χ0) is 43.7. The Morgan fingerprint density at radius 2 is 1.03 bits per heavy atom. The Kier molecular flexibility index (Phi) is 15.3. The van der Waals surface area contributed by atoms with Crippen molar-refractivity contribution in [3.63, 3.8) is 0 Å². The molecule has 0 amide bonds. The molecule has 15 heteroatoms. The van der Waals surface area contributed by atoms with Gasteiger partial charge in [0.15, 0.2) is 9.84 Å². The van der Waals surface area contributed by atoms with E-state index < -0.39 is 17.0 Å². The lowest BCUT2D eigenvalue weighted by atomic mass is 9.80. The van der Waals surface area contributed by atoms with E-state index in [0.717, 1.165) is 84.2 Å². The molecule has 6 aromatic rings. The van der Waals surface area contributed by atoms with Crippen LogP contribution in [-0.2, 0) is 9.84 Å². The largest absolute Gasteiger partial charge is 0.488 e. The monoisotopic (exact) mass is 868 g/mol. The second-order valence-electron chi connectivity index (χ2n) is 15.2. The van der Waals surface area contributed by atoms with Gasteiger partial charge >= 0.3 is 7.12 Å². The van der Waals surface area contributed by atoms with Crippen molar-refractivity contribution in [3.8, 4) is 33.5 Å². The summed E-state index contributed by atoms with van der Waals surface area (Å²) in [6, 6.07) is 34.5. The number of aliphatic hydroxyl groups is 2. The SMILES string of the molecule is CS(=O)(=O)c1ccc(-c2cc(Cl)nc(N3CCC(O)CC3)c2)cc1.Cc1ccc(-c2cc(-c3ccc(F)cc3)nc(N3CCC(O)CC3)c2)cc1.OB(O)c1ccc(F)cc1. The molecule has 0 saturated carbocycles. The van der Waals surface area contributed by atoms with Gasteiger partial charge in [0.1, 0.15) is 28.4 Å². The van der Waals surface area contributed by atoms with Crippen molar-refractivity contribution in [2.24, 2.45) is 0 Å². The van der Waals surface area contributed by atoms with Gasteiger partial charge in [-0.15, -0.1) is 0 Å². The van der Waals surface area contributed by atoms with Crippen molar-refractivity contribution in [3.05, 3.63) is 144 Å². The molecular weight excluding hydrogens is 821 g/mol. The van der Waals surface area contributed by atoms with Gasteiger partial charge in [-0.2, -0.15) is 0 Å². The Morgan fingerprint density at radius 1 is 0.607 bits per heavy atom. The molecule has 0 spiro atoms. The highest BCUT2D eigenvalue weighted by molar-refractivity contribution is 7.90. The third-order valence-corrected chi connectivity index (χ3v) is 11.8. The summed E-state index contributed by atoms with van der Waals surface area (Å²) in [5.74, 6) is 1.04. The minimum atomic E-state index is -3.21. The second kappa shape index (κ2) is 20.6. The van der Waals surface area contributed by atoms with Gasteiger partial charge in [-0.1, -0.05) is 65.7 Å². The molecule has 0 aliphatic carbocycles. The van der Waals surface area contributed by atoms with E-state index in [-0.39, 0.29) is 28.7 Å².